The van der Waals surface area contributed by atoms with E-state index in [-0.39, 0.29) is 16.7 Å². The van der Waals surface area contributed by atoms with Gasteiger partial charge in [0.25, 0.3) is 5.91 Å². The van der Waals surface area contributed by atoms with Crippen molar-refractivity contribution >= 4 is 26.7 Å². The van der Waals surface area contributed by atoms with Crippen molar-refractivity contribution in [2.45, 2.75) is 17.7 Å². The Morgan fingerprint density at radius 2 is 1.79 bits per heavy atom. The number of nitrogens with zero attached hydrogens (tertiary/aromatic N) is 2. The van der Waals surface area contributed by atoms with E-state index < -0.39 is 10.0 Å². The van der Waals surface area contributed by atoms with Gasteiger partial charge < -0.3 is 5.32 Å². The number of fused-ring (bicyclic) bond motifs is 1. The van der Waals surface area contributed by atoms with E-state index >= 15 is 0 Å². The van der Waals surface area contributed by atoms with E-state index in [1.165, 1.54) is 10.5 Å². The summed E-state index contributed by atoms with van der Waals surface area (Å²) in [5.74, 6) is 0.168. The summed E-state index contributed by atoms with van der Waals surface area (Å²) in [5.41, 5.74) is 0.666. The first-order chi connectivity index (χ1) is 14.1. The summed E-state index contributed by atoms with van der Waals surface area (Å²) in [7, 11) is -3.50. The third-order valence-corrected chi connectivity index (χ3v) is 7.31. The molecule has 1 aliphatic heterocycles. The zero-order valence-corrected chi connectivity index (χ0v) is 16.8. The molecule has 0 unspecified atom stereocenters. The molecular formula is C22H23N3O3S. The van der Waals surface area contributed by atoms with Gasteiger partial charge in [-0.3, -0.25) is 9.78 Å². The number of aromatic nitrogens is 1. The van der Waals surface area contributed by atoms with Gasteiger partial charge in [0.05, 0.1) is 0 Å². The second-order valence-corrected chi connectivity index (χ2v) is 9.21. The Morgan fingerprint density at radius 3 is 2.55 bits per heavy atom. The molecule has 1 aliphatic rings. The number of pyridine rings is 1. The van der Waals surface area contributed by atoms with Crippen LogP contribution < -0.4 is 5.32 Å². The van der Waals surface area contributed by atoms with E-state index in [4.69, 9.17) is 0 Å². The highest BCUT2D eigenvalue weighted by Gasteiger charge is 2.29. The third-order valence-electron chi connectivity index (χ3n) is 5.43. The Balaban J connectivity index is 1.35. The quantitative estimate of drug-likeness (QED) is 0.702. The van der Waals surface area contributed by atoms with Crippen LogP contribution in [0.3, 0.4) is 0 Å². The number of nitrogens with one attached hydrogen (secondary N) is 1. The maximum absolute atomic E-state index is 12.7. The summed E-state index contributed by atoms with van der Waals surface area (Å²) in [6.45, 7) is 1.45. The van der Waals surface area contributed by atoms with Gasteiger partial charge in [-0.1, -0.05) is 36.4 Å². The fourth-order valence-electron chi connectivity index (χ4n) is 3.76. The van der Waals surface area contributed by atoms with Crippen LogP contribution in [-0.2, 0) is 10.0 Å². The Morgan fingerprint density at radius 1 is 1.03 bits per heavy atom. The van der Waals surface area contributed by atoms with Crippen molar-refractivity contribution in [2.24, 2.45) is 5.92 Å². The highest BCUT2D eigenvalue weighted by molar-refractivity contribution is 7.89. The molecule has 0 saturated carbocycles. The molecule has 0 spiro atoms. The fraction of sp³-hybridized carbons (Fsp3) is 0.273. The summed E-state index contributed by atoms with van der Waals surface area (Å²) < 4.78 is 26.9. The van der Waals surface area contributed by atoms with E-state index in [2.05, 4.69) is 10.3 Å². The van der Waals surface area contributed by atoms with E-state index in [0.717, 1.165) is 23.6 Å². The zero-order valence-electron chi connectivity index (χ0n) is 16.0. The predicted molar refractivity (Wildman–Crippen MR) is 112 cm³/mol. The van der Waals surface area contributed by atoms with Gasteiger partial charge in [-0.15, -0.1) is 0 Å². The Labute approximate surface area is 170 Å². The number of carbonyl (C=O) groups is 1. The first-order valence-corrected chi connectivity index (χ1v) is 11.2. The molecule has 7 heteroatoms. The molecule has 0 atom stereocenters. The number of hydrogen-bond donors (Lipinski definition) is 1. The second kappa shape index (κ2) is 8.31. The van der Waals surface area contributed by atoms with Gasteiger partial charge >= 0.3 is 0 Å². The molecule has 1 fully saturated rings. The highest BCUT2D eigenvalue weighted by Crippen LogP contribution is 2.23. The van der Waals surface area contributed by atoms with Gasteiger partial charge in [-0.05, 0) is 47.7 Å². The van der Waals surface area contributed by atoms with Gasteiger partial charge in [-0.25, -0.2) is 8.42 Å². The second-order valence-electron chi connectivity index (χ2n) is 7.27. The van der Waals surface area contributed by atoms with Gasteiger partial charge in [0.15, 0.2) is 0 Å². The zero-order chi connectivity index (χ0) is 20.3. The molecule has 150 valence electrons. The van der Waals surface area contributed by atoms with Crippen molar-refractivity contribution in [1.29, 1.82) is 0 Å². The minimum Gasteiger partial charge on any atom is -0.352 e. The van der Waals surface area contributed by atoms with Crippen molar-refractivity contribution in [2.75, 3.05) is 19.6 Å². The lowest BCUT2D eigenvalue weighted by atomic mass is 9.98. The van der Waals surface area contributed by atoms with Crippen LogP contribution in [0.25, 0.3) is 10.8 Å². The van der Waals surface area contributed by atoms with Gasteiger partial charge in [-0.2, -0.15) is 4.31 Å². The number of carbonyl (C=O) groups excluding carboxylic acids is 1. The molecular weight excluding hydrogens is 386 g/mol. The van der Waals surface area contributed by atoms with Crippen LogP contribution in [0, 0.1) is 5.92 Å². The molecule has 6 nitrogen and oxygen atoms in total. The summed E-state index contributed by atoms with van der Waals surface area (Å²) >= 11 is 0. The van der Waals surface area contributed by atoms with Crippen molar-refractivity contribution in [3.63, 3.8) is 0 Å². The van der Waals surface area contributed by atoms with Gasteiger partial charge in [0.1, 0.15) is 4.90 Å². The monoisotopic (exact) mass is 409 g/mol. The lowest BCUT2D eigenvalue weighted by Gasteiger charge is -2.31. The standard InChI is InChI=1S/C22H23N3O3S/c26-22(21-9-3-6-18-5-1-2-8-20(18)21)24-15-17-10-13-25(14-11-17)29(27,28)19-7-4-12-23-16-19/h1-9,12,16-17H,10-11,13-15H2,(H,24,26). The number of amides is 1. The summed E-state index contributed by atoms with van der Waals surface area (Å²) in [6.07, 6.45) is 4.38. The number of hydrogen-bond acceptors (Lipinski definition) is 4. The number of rotatable bonds is 5. The summed E-state index contributed by atoms with van der Waals surface area (Å²) in [5, 5.41) is 5.00. The Hall–Kier alpha value is -2.77. The Bertz CT molecular complexity index is 1100. The van der Waals surface area contributed by atoms with E-state index in [0.29, 0.717) is 25.2 Å². The van der Waals surface area contributed by atoms with Crippen molar-refractivity contribution in [3.8, 4) is 0 Å². The van der Waals surface area contributed by atoms with E-state index in [1.807, 2.05) is 42.5 Å². The summed E-state index contributed by atoms with van der Waals surface area (Å²) in [6, 6.07) is 16.7. The molecule has 0 aliphatic carbocycles. The molecule has 1 saturated heterocycles. The molecule has 1 aromatic heterocycles. The lowest BCUT2D eigenvalue weighted by molar-refractivity contribution is 0.0943. The maximum Gasteiger partial charge on any atom is 0.251 e. The van der Waals surface area contributed by atoms with Crippen molar-refractivity contribution in [1.82, 2.24) is 14.6 Å². The molecule has 3 aromatic rings. The largest absolute Gasteiger partial charge is 0.352 e. The number of piperidine rings is 1. The smallest absolute Gasteiger partial charge is 0.251 e. The molecule has 4 rings (SSSR count). The molecule has 0 radical (unpaired) electrons. The van der Waals surface area contributed by atoms with Crippen LogP contribution >= 0.6 is 0 Å². The molecule has 29 heavy (non-hydrogen) atoms. The molecule has 0 bridgehead atoms. The van der Waals surface area contributed by atoms with Crippen molar-refractivity contribution in [3.05, 3.63) is 72.6 Å². The van der Waals surface area contributed by atoms with Gasteiger partial charge in [0.2, 0.25) is 10.0 Å². The summed E-state index contributed by atoms with van der Waals surface area (Å²) in [4.78, 5) is 16.8. The first kappa shape index (κ1) is 19.5. The SMILES string of the molecule is O=C(NCC1CCN(S(=O)(=O)c2cccnc2)CC1)c1cccc2ccccc12. The van der Waals surface area contributed by atoms with Crippen LogP contribution in [0.2, 0.25) is 0 Å². The van der Waals surface area contributed by atoms with Crippen molar-refractivity contribution < 1.29 is 13.2 Å². The Kier molecular flexibility index (Phi) is 5.60. The maximum atomic E-state index is 12.7. The molecule has 2 aromatic carbocycles. The van der Waals surface area contributed by atoms with Crippen LogP contribution in [0.1, 0.15) is 23.2 Å². The normalized spacial score (nSPS) is 16.0. The van der Waals surface area contributed by atoms with Gasteiger partial charge in [0, 0.05) is 37.6 Å². The van der Waals surface area contributed by atoms with E-state index in [1.54, 1.807) is 18.3 Å². The minimum atomic E-state index is -3.50. The molecule has 1 amide bonds. The third kappa shape index (κ3) is 4.16. The van der Waals surface area contributed by atoms with Crippen LogP contribution in [0.5, 0.6) is 0 Å². The average Bonchev–Trinajstić information content (AvgIpc) is 2.78. The lowest BCUT2D eigenvalue weighted by Crippen LogP contribution is -2.41. The predicted octanol–water partition coefficient (Wildman–Crippen LogP) is 3.07. The molecule has 1 N–H and O–H groups in total. The van der Waals surface area contributed by atoms with Crippen LogP contribution in [-0.4, -0.2) is 43.2 Å². The first-order valence-electron chi connectivity index (χ1n) is 9.72. The topological polar surface area (TPSA) is 79.4 Å². The highest BCUT2D eigenvalue weighted by atomic mass is 32.2. The number of benzene rings is 2. The van der Waals surface area contributed by atoms with Crippen LogP contribution in [0.15, 0.2) is 71.9 Å². The van der Waals surface area contributed by atoms with Crippen LogP contribution in [0.4, 0.5) is 0 Å². The number of sulfonamides is 1. The average molecular weight is 410 g/mol. The fourth-order valence-corrected chi connectivity index (χ4v) is 5.19. The molecule has 2 heterocycles. The minimum absolute atomic E-state index is 0.0905. The van der Waals surface area contributed by atoms with E-state index in [9.17, 15) is 13.2 Å².